The largest absolute Gasteiger partial charge is 3.00 e. The standard InChI is InChI=1S/C22H14N3.C14H14N.Ir/c1-23-11-12-24(14-23)15-9-10-21-19(13-15)18-7-4-6-17-16-5-2-3-8-20(16)25(21)22(17)18;1-10-4-6-13(7-5-10)14-8-11(2)12(3)9-15-14;/h2-12H,1H3;4-6,8-9H,1-3H3;/q2*-1;+3. The zero-order valence-corrected chi connectivity index (χ0v) is 25.8. The first-order chi connectivity index (χ1) is 19.5. The van der Waals surface area contributed by atoms with E-state index in [0.29, 0.717) is 0 Å². The Hall–Kier alpha value is -4.31. The number of pyridine rings is 1. The molecule has 8 rings (SSSR count). The van der Waals surface area contributed by atoms with Crippen LogP contribution in [0, 0.1) is 39.2 Å². The van der Waals surface area contributed by atoms with Gasteiger partial charge in [-0.25, -0.2) is 0 Å². The van der Waals surface area contributed by atoms with Gasteiger partial charge in [0.1, 0.15) is 0 Å². The molecule has 4 aromatic heterocycles. The topological polar surface area (TPSA) is 26.1 Å². The van der Waals surface area contributed by atoms with Crippen LogP contribution in [0.15, 0.2) is 97.5 Å². The molecular weight excluding hydrogens is 681 g/mol. The number of nitrogens with zero attached hydrogens (tertiary/aromatic N) is 4. The molecule has 0 aliphatic carbocycles. The van der Waals surface area contributed by atoms with E-state index in [1.54, 1.807) is 0 Å². The van der Waals surface area contributed by atoms with Gasteiger partial charge in [0.05, 0.1) is 7.05 Å². The van der Waals surface area contributed by atoms with E-state index in [1.807, 2.05) is 40.8 Å². The molecule has 0 amide bonds. The van der Waals surface area contributed by atoms with Gasteiger partial charge >= 0.3 is 20.1 Å². The summed E-state index contributed by atoms with van der Waals surface area (Å²) in [4.78, 5) is 4.41. The fourth-order valence-electron chi connectivity index (χ4n) is 5.45. The molecule has 4 aromatic carbocycles. The summed E-state index contributed by atoms with van der Waals surface area (Å²) in [6, 6.07) is 34.6. The number of aryl methyl sites for hydroxylation is 4. The average Bonchev–Trinajstić information content (AvgIpc) is 3.66. The fraction of sp³-hybridized carbons (Fsp3) is 0.111. The van der Waals surface area contributed by atoms with Crippen molar-refractivity contribution < 1.29 is 24.7 Å². The van der Waals surface area contributed by atoms with Gasteiger partial charge in [-0.2, -0.15) is 0 Å². The van der Waals surface area contributed by atoms with Crippen molar-refractivity contribution >= 4 is 38.1 Å². The quantitative estimate of drug-likeness (QED) is 0.135. The summed E-state index contributed by atoms with van der Waals surface area (Å²) < 4.78 is 6.26. The number of benzene rings is 4. The number of hydrogen-bond acceptors (Lipinski definition) is 1. The minimum atomic E-state index is 0. The van der Waals surface area contributed by atoms with Gasteiger partial charge in [-0.1, -0.05) is 60.3 Å². The molecule has 0 unspecified atom stereocenters. The van der Waals surface area contributed by atoms with Gasteiger partial charge in [0.15, 0.2) is 0 Å². The maximum atomic E-state index is 4.41. The molecule has 0 saturated carbocycles. The Kier molecular flexibility index (Phi) is 6.94. The van der Waals surface area contributed by atoms with Gasteiger partial charge in [-0.3, -0.25) is 0 Å². The molecular formula is C36H28IrN4+. The molecule has 0 spiro atoms. The smallest absolute Gasteiger partial charge is 0.358 e. The van der Waals surface area contributed by atoms with E-state index in [4.69, 9.17) is 0 Å². The first-order valence-corrected chi connectivity index (χ1v) is 13.5. The Balaban J connectivity index is 0.000000164. The van der Waals surface area contributed by atoms with Crippen molar-refractivity contribution in [1.82, 2.24) is 14.0 Å². The number of hydrogen-bond donors (Lipinski definition) is 0. The first-order valence-electron chi connectivity index (χ1n) is 13.5. The molecule has 0 fully saturated rings. The third kappa shape index (κ3) is 4.61. The van der Waals surface area contributed by atoms with Crippen LogP contribution in [0.5, 0.6) is 0 Å². The molecule has 0 N–H and O–H groups in total. The summed E-state index contributed by atoms with van der Waals surface area (Å²) in [5, 5.41) is 5.02. The van der Waals surface area contributed by atoms with Crippen LogP contribution in [0.1, 0.15) is 16.7 Å². The molecule has 0 aliphatic heterocycles. The Labute approximate surface area is 253 Å². The van der Waals surface area contributed by atoms with E-state index in [1.165, 1.54) is 49.4 Å². The normalized spacial score (nSPS) is 11.2. The van der Waals surface area contributed by atoms with E-state index in [2.05, 4.69) is 121 Å². The molecule has 200 valence electrons. The molecule has 0 bridgehead atoms. The minimum Gasteiger partial charge on any atom is -0.358 e. The van der Waals surface area contributed by atoms with Crippen molar-refractivity contribution in [3.63, 3.8) is 0 Å². The van der Waals surface area contributed by atoms with Gasteiger partial charge in [0.25, 0.3) is 0 Å². The van der Waals surface area contributed by atoms with Gasteiger partial charge in [-0.05, 0) is 47.8 Å². The van der Waals surface area contributed by atoms with E-state index >= 15 is 0 Å². The van der Waals surface area contributed by atoms with Crippen LogP contribution in [0.2, 0.25) is 0 Å². The van der Waals surface area contributed by atoms with E-state index in [-0.39, 0.29) is 20.1 Å². The van der Waals surface area contributed by atoms with Crippen molar-refractivity contribution in [2.24, 2.45) is 7.05 Å². The van der Waals surface area contributed by atoms with E-state index in [9.17, 15) is 0 Å². The Morgan fingerprint density at radius 1 is 0.805 bits per heavy atom. The predicted molar refractivity (Wildman–Crippen MR) is 162 cm³/mol. The summed E-state index contributed by atoms with van der Waals surface area (Å²) in [6.45, 7) is 6.24. The fourth-order valence-corrected chi connectivity index (χ4v) is 5.45. The summed E-state index contributed by atoms with van der Waals surface area (Å²) in [5.74, 6) is 0. The van der Waals surface area contributed by atoms with Gasteiger partial charge in [0.2, 0.25) is 6.33 Å². The van der Waals surface area contributed by atoms with Crippen LogP contribution < -0.4 is 4.57 Å². The number of imidazole rings is 1. The van der Waals surface area contributed by atoms with Crippen molar-refractivity contribution in [2.45, 2.75) is 20.8 Å². The maximum absolute atomic E-state index is 4.41. The molecule has 0 atom stereocenters. The molecule has 4 heterocycles. The number of aromatic nitrogens is 4. The molecule has 0 saturated heterocycles. The third-order valence-corrected chi connectivity index (χ3v) is 7.69. The van der Waals surface area contributed by atoms with Crippen molar-refractivity contribution in [2.75, 3.05) is 0 Å². The van der Waals surface area contributed by atoms with Crippen LogP contribution in [0.25, 0.3) is 55.0 Å². The second-order valence-electron chi connectivity index (χ2n) is 10.5. The van der Waals surface area contributed by atoms with Crippen LogP contribution in [-0.4, -0.2) is 14.0 Å². The average molecular weight is 709 g/mol. The Morgan fingerprint density at radius 2 is 1.61 bits per heavy atom. The van der Waals surface area contributed by atoms with E-state index < -0.39 is 0 Å². The first kappa shape index (κ1) is 26.9. The van der Waals surface area contributed by atoms with Gasteiger partial charge < -0.3 is 18.5 Å². The summed E-state index contributed by atoms with van der Waals surface area (Å²) >= 11 is 0. The van der Waals surface area contributed by atoms with Crippen LogP contribution in [0.4, 0.5) is 0 Å². The van der Waals surface area contributed by atoms with Crippen molar-refractivity contribution in [1.29, 1.82) is 0 Å². The molecule has 5 heteroatoms. The SMILES string of the molecule is C[n+]1[c-]n(-c2[c-]c3c4cccc5c6ccccc6n(c3cc2)c45)cc1.Cc1c[c-]c(-c2cc(C)c(C)cn2)cc1.[Ir+3]. The molecule has 4 nitrogen and oxygen atoms in total. The second kappa shape index (κ2) is 10.6. The minimum absolute atomic E-state index is 0. The van der Waals surface area contributed by atoms with Crippen molar-refractivity contribution in [3.8, 4) is 16.9 Å². The van der Waals surface area contributed by atoms with E-state index in [0.717, 1.165) is 22.3 Å². The summed E-state index contributed by atoms with van der Waals surface area (Å²) in [6.07, 6.45) is 9.15. The monoisotopic (exact) mass is 709 g/mol. The number of para-hydroxylation sites is 2. The summed E-state index contributed by atoms with van der Waals surface area (Å²) in [7, 11) is 1.97. The van der Waals surface area contributed by atoms with Gasteiger partial charge in [-0.15, -0.1) is 59.0 Å². The third-order valence-electron chi connectivity index (χ3n) is 7.69. The zero-order chi connectivity index (χ0) is 27.4. The zero-order valence-electron chi connectivity index (χ0n) is 23.4. The number of rotatable bonds is 2. The molecule has 8 aromatic rings. The summed E-state index contributed by atoms with van der Waals surface area (Å²) in [5.41, 5.74) is 10.5. The molecule has 0 aliphatic rings. The van der Waals surface area contributed by atoms with Crippen LogP contribution in [0.3, 0.4) is 0 Å². The molecule has 41 heavy (non-hydrogen) atoms. The number of fused-ring (bicyclic) bond motifs is 6. The van der Waals surface area contributed by atoms with Crippen LogP contribution in [-0.2, 0) is 27.2 Å². The van der Waals surface area contributed by atoms with Crippen molar-refractivity contribution in [3.05, 3.63) is 133 Å². The predicted octanol–water partition coefficient (Wildman–Crippen LogP) is 7.52. The Morgan fingerprint density at radius 3 is 2.37 bits per heavy atom. The van der Waals surface area contributed by atoms with Crippen LogP contribution >= 0.6 is 0 Å². The second-order valence-corrected chi connectivity index (χ2v) is 10.5. The Bertz CT molecular complexity index is 2150. The van der Waals surface area contributed by atoms with Gasteiger partial charge in [0, 0.05) is 35.0 Å². The molecule has 0 radical (unpaired) electrons. The maximum Gasteiger partial charge on any atom is 3.00 e.